The second-order valence-corrected chi connectivity index (χ2v) is 11.9. The van der Waals surface area contributed by atoms with Gasteiger partial charge in [0.1, 0.15) is 18.3 Å². The molecule has 5 atom stereocenters. The fourth-order valence-corrected chi connectivity index (χ4v) is 5.78. The summed E-state index contributed by atoms with van der Waals surface area (Å²) in [6, 6.07) is 7.75. The van der Waals surface area contributed by atoms with Crippen LogP contribution in [0.4, 0.5) is 8.78 Å². The van der Waals surface area contributed by atoms with Crippen LogP contribution < -0.4 is 4.74 Å². The van der Waals surface area contributed by atoms with Crippen molar-refractivity contribution in [1.82, 2.24) is 0 Å². The van der Waals surface area contributed by atoms with E-state index in [-0.39, 0.29) is 24.3 Å². The summed E-state index contributed by atoms with van der Waals surface area (Å²) in [5.41, 5.74) is -0.984. The monoisotopic (exact) mass is 670 g/mol. The number of benzene rings is 2. The number of halogens is 3. The minimum Gasteiger partial charge on any atom is -0.491 e. The van der Waals surface area contributed by atoms with Gasteiger partial charge in [0.25, 0.3) is 0 Å². The molecule has 0 aliphatic carbocycles. The Labute approximate surface area is 276 Å². The van der Waals surface area contributed by atoms with Crippen molar-refractivity contribution in [2.24, 2.45) is 0 Å². The standard InChI is InChI=1S/C35H49ClF2O8/c1-6-10-17-43-31-32(44-18-11-7-2)34(22-39,23-40)46-35(41-5,33(31)45-19-12-8-3)26-14-15-27(36)25(21-26)20-24-13-16-28(42-9-4)30(38)29(24)37/h13-16,21-22,31-33,40H,6-12,17-20,23H2,1-5H3/t31-,32-,33+,34+,35-/m0/s1. The molecule has 0 amide bonds. The summed E-state index contributed by atoms with van der Waals surface area (Å²) in [4.78, 5) is 12.9. The van der Waals surface area contributed by atoms with Gasteiger partial charge in [0.15, 0.2) is 23.5 Å². The van der Waals surface area contributed by atoms with Crippen LogP contribution in [-0.2, 0) is 40.7 Å². The van der Waals surface area contributed by atoms with Gasteiger partial charge in [0, 0.05) is 43.9 Å². The predicted octanol–water partition coefficient (Wildman–Crippen LogP) is 6.92. The molecule has 1 fully saturated rings. The summed E-state index contributed by atoms with van der Waals surface area (Å²) in [7, 11) is 1.42. The van der Waals surface area contributed by atoms with Crippen molar-refractivity contribution in [2.75, 3.05) is 40.1 Å². The summed E-state index contributed by atoms with van der Waals surface area (Å²) >= 11 is 6.61. The number of carbonyl (C=O) groups excluding carboxylic acids is 1. The Morgan fingerprint density at radius 2 is 1.52 bits per heavy atom. The molecule has 11 heteroatoms. The molecule has 1 saturated heterocycles. The molecular weight excluding hydrogens is 622 g/mol. The highest BCUT2D eigenvalue weighted by atomic mass is 35.5. The first kappa shape index (κ1) is 38.3. The molecule has 258 valence electrons. The van der Waals surface area contributed by atoms with E-state index < -0.39 is 47.9 Å². The molecule has 1 aliphatic heterocycles. The lowest BCUT2D eigenvalue weighted by Gasteiger charge is -2.55. The van der Waals surface area contributed by atoms with Gasteiger partial charge in [-0.25, -0.2) is 4.39 Å². The van der Waals surface area contributed by atoms with Gasteiger partial charge in [-0.05, 0) is 55.5 Å². The summed E-state index contributed by atoms with van der Waals surface area (Å²) < 4.78 is 67.0. The van der Waals surface area contributed by atoms with Crippen molar-refractivity contribution in [3.63, 3.8) is 0 Å². The quantitative estimate of drug-likeness (QED) is 0.120. The zero-order valence-corrected chi connectivity index (χ0v) is 28.4. The first-order chi connectivity index (χ1) is 22.2. The smallest absolute Gasteiger partial charge is 0.225 e. The minimum atomic E-state index is -1.88. The minimum absolute atomic E-state index is 0.0644. The Morgan fingerprint density at radius 3 is 2.09 bits per heavy atom. The van der Waals surface area contributed by atoms with E-state index in [2.05, 4.69) is 0 Å². The third-order valence-corrected chi connectivity index (χ3v) is 8.57. The van der Waals surface area contributed by atoms with E-state index in [1.54, 1.807) is 25.1 Å². The van der Waals surface area contributed by atoms with Crippen molar-refractivity contribution < 1.29 is 47.1 Å². The van der Waals surface area contributed by atoms with Crippen molar-refractivity contribution in [1.29, 1.82) is 0 Å². The van der Waals surface area contributed by atoms with E-state index in [0.717, 1.165) is 38.5 Å². The molecule has 2 aromatic rings. The lowest BCUT2D eigenvalue weighted by atomic mass is 9.80. The number of aliphatic hydroxyl groups excluding tert-OH is 1. The maximum absolute atomic E-state index is 15.1. The zero-order chi connectivity index (χ0) is 33.7. The van der Waals surface area contributed by atoms with Gasteiger partial charge in [-0.2, -0.15) is 4.39 Å². The number of hydrogen-bond acceptors (Lipinski definition) is 8. The van der Waals surface area contributed by atoms with Gasteiger partial charge in [-0.3, -0.25) is 4.79 Å². The van der Waals surface area contributed by atoms with Crippen LogP contribution in [0.5, 0.6) is 5.75 Å². The van der Waals surface area contributed by atoms with Crippen molar-refractivity contribution in [3.8, 4) is 5.75 Å². The molecule has 0 bridgehead atoms. The number of carbonyl (C=O) groups is 1. The van der Waals surface area contributed by atoms with E-state index in [1.165, 1.54) is 19.2 Å². The number of aldehydes is 1. The lowest BCUT2D eigenvalue weighted by Crippen LogP contribution is -2.72. The van der Waals surface area contributed by atoms with E-state index in [1.807, 2.05) is 20.8 Å². The Morgan fingerprint density at radius 1 is 0.891 bits per heavy atom. The van der Waals surface area contributed by atoms with Gasteiger partial charge in [-0.1, -0.05) is 63.8 Å². The van der Waals surface area contributed by atoms with Crippen molar-refractivity contribution in [3.05, 3.63) is 63.7 Å². The average Bonchev–Trinajstić information content (AvgIpc) is 3.06. The normalized spacial score (nSPS) is 24.7. The van der Waals surface area contributed by atoms with Crippen LogP contribution in [0.15, 0.2) is 30.3 Å². The summed E-state index contributed by atoms with van der Waals surface area (Å²) in [5.74, 6) is -4.09. The van der Waals surface area contributed by atoms with Crippen LogP contribution in [0, 0.1) is 11.6 Å². The van der Waals surface area contributed by atoms with E-state index >= 15 is 4.39 Å². The van der Waals surface area contributed by atoms with Gasteiger partial charge < -0.3 is 33.5 Å². The van der Waals surface area contributed by atoms with Gasteiger partial charge in [-0.15, -0.1) is 0 Å². The highest BCUT2D eigenvalue weighted by molar-refractivity contribution is 6.31. The SMILES string of the molecule is CCCCO[C@@H]1[C@@H](OCCCC)[C@](OC)(c2ccc(Cl)c(Cc3ccc(OCC)c(F)c3F)c2)O[C@](C=O)(CO)[C@H]1OCCCC. The van der Waals surface area contributed by atoms with E-state index in [0.29, 0.717) is 42.3 Å². The van der Waals surface area contributed by atoms with Crippen LogP contribution in [0.2, 0.25) is 5.02 Å². The Bertz CT molecular complexity index is 1250. The Hall–Kier alpha value is -2.18. The predicted molar refractivity (Wildman–Crippen MR) is 171 cm³/mol. The lowest BCUT2D eigenvalue weighted by molar-refractivity contribution is -0.398. The molecule has 0 unspecified atom stereocenters. The number of aliphatic hydroxyl groups is 1. The molecule has 1 aliphatic rings. The number of unbranched alkanes of at least 4 members (excludes halogenated alkanes) is 3. The molecule has 0 saturated carbocycles. The van der Waals surface area contributed by atoms with Crippen molar-refractivity contribution >= 4 is 17.9 Å². The highest BCUT2D eigenvalue weighted by Crippen LogP contribution is 2.47. The van der Waals surface area contributed by atoms with Crippen LogP contribution in [0.3, 0.4) is 0 Å². The van der Waals surface area contributed by atoms with Gasteiger partial charge in [0.2, 0.25) is 11.6 Å². The molecular formula is C35H49ClF2O8. The summed E-state index contributed by atoms with van der Waals surface area (Å²) in [5, 5.41) is 11.0. The van der Waals surface area contributed by atoms with Gasteiger partial charge in [0.05, 0.1) is 13.2 Å². The summed E-state index contributed by atoms with van der Waals surface area (Å²) in [6.07, 6.45) is 2.37. The highest BCUT2D eigenvalue weighted by Gasteiger charge is 2.64. The number of ether oxygens (including phenoxy) is 6. The first-order valence-corrected chi connectivity index (χ1v) is 16.7. The second-order valence-electron chi connectivity index (χ2n) is 11.5. The molecule has 1 N–H and O–H groups in total. The Kier molecular flexibility index (Phi) is 15.3. The number of rotatable bonds is 20. The average molecular weight is 671 g/mol. The Balaban J connectivity index is 2.19. The molecule has 0 spiro atoms. The van der Waals surface area contributed by atoms with Crippen LogP contribution in [0.1, 0.15) is 82.9 Å². The largest absolute Gasteiger partial charge is 0.491 e. The molecule has 0 aromatic heterocycles. The molecule has 3 rings (SSSR count). The third kappa shape index (κ3) is 8.45. The number of hydrogen-bond donors (Lipinski definition) is 1. The maximum Gasteiger partial charge on any atom is 0.225 e. The molecule has 46 heavy (non-hydrogen) atoms. The second kappa shape index (κ2) is 18.4. The molecule has 1 heterocycles. The zero-order valence-electron chi connectivity index (χ0n) is 27.6. The molecule has 0 radical (unpaired) electrons. The van der Waals surface area contributed by atoms with Crippen LogP contribution >= 0.6 is 11.6 Å². The fraction of sp³-hybridized carbons (Fsp3) is 0.629. The van der Waals surface area contributed by atoms with Crippen molar-refractivity contribution in [2.45, 2.75) is 102 Å². The summed E-state index contributed by atoms with van der Waals surface area (Å²) in [6.45, 7) is 8.23. The molecule has 8 nitrogen and oxygen atoms in total. The maximum atomic E-state index is 15.1. The van der Waals surface area contributed by atoms with Gasteiger partial charge >= 0.3 is 0 Å². The topological polar surface area (TPSA) is 92.7 Å². The van der Waals surface area contributed by atoms with E-state index in [4.69, 9.17) is 40.0 Å². The fourth-order valence-electron chi connectivity index (χ4n) is 5.60. The third-order valence-electron chi connectivity index (χ3n) is 8.20. The van der Waals surface area contributed by atoms with Crippen LogP contribution in [0.25, 0.3) is 0 Å². The number of methoxy groups -OCH3 is 1. The molecule has 2 aromatic carbocycles. The van der Waals surface area contributed by atoms with Crippen LogP contribution in [-0.4, -0.2) is 75.4 Å². The van der Waals surface area contributed by atoms with E-state index in [9.17, 15) is 14.3 Å². The first-order valence-electron chi connectivity index (χ1n) is 16.3.